The van der Waals surface area contributed by atoms with Gasteiger partial charge in [0.15, 0.2) is 5.12 Å². The molecule has 0 unspecified atom stereocenters. The van der Waals surface area contributed by atoms with Crippen LogP contribution in [-0.4, -0.2) is 27.1 Å². The quantitative estimate of drug-likeness (QED) is 0.640. The van der Waals surface area contributed by atoms with Crippen molar-refractivity contribution in [2.75, 3.05) is 6.54 Å². The molecule has 2 aromatic rings. The van der Waals surface area contributed by atoms with Gasteiger partial charge in [0, 0.05) is 30.4 Å². The van der Waals surface area contributed by atoms with Gasteiger partial charge in [-0.25, -0.2) is 0 Å². The number of hydrogen-bond acceptors (Lipinski definition) is 5. The molecule has 0 fully saturated rings. The minimum atomic E-state index is -0.608. The van der Waals surface area contributed by atoms with E-state index in [1.54, 1.807) is 30.5 Å². The van der Waals surface area contributed by atoms with Gasteiger partial charge < -0.3 is 0 Å². The first-order valence-electron chi connectivity index (χ1n) is 6.30. The van der Waals surface area contributed by atoms with Crippen LogP contribution in [0.3, 0.4) is 0 Å². The van der Waals surface area contributed by atoms with Crippen LogP contribution in [0.5, 0.6) is 0 Å². The third-order valence-corrected chi connectivity index (χ3v) is 4.07. The topological polar surface area (TPSA) is 82.2 Å². The fourth-order valence-electron chi connectivity index (χ4n) is 2.26. The number of para-hydroxylation sites is 1. The average Bonchev–Trinajstić information content (AvgIpc) is 2.76. The molecule has 0 amide bonds. The molecule has 0 radical (unpaired) electrons. The van der Waals surface area contributed by atoms with E-state index in [4.69, 9.17) is 0 Å². The molecular formula is C14H14N2O4S. The molecule has 1 aromatic carbocycles. The van der Waals surface area contributed by atoms with Crippen LogP contribution >= 0.6 is 11.8 Å². The van der Waals surface area contributed by atoms with E-state index >= 15 is 0 Å². The molecule has 6 nitrogen and oxygen atoms in total. The van der Waals surface area contributed by atoms with Gasteiger partial charge in [0.05, 0.1) is 5.52 Å². The van der Waals surface area contributed by atoms with Crippen LogP contribution in [0, 0.1) is 10.1 Å². The Labute approximate surface area is 125 Å². The number of carbonyl (C=O) groups is 2. The Balaban J connectivity index is 2.59. The highest BCUT2D eigenvalue weighted by atomic mass is 32.2. The van der Waals surface area contributed by atoms with Gasteiger partial charge in [-0.1, -0.05) is 30.0 Å². The van der Waals surface area contributed by atoms with Crippen molar-refractivity contribution < 1.29 is 14.5 Å². The number of hydrogen-bond donors (Lipinski definition) is 0. The summed E-state index contributed by atoms with van der Waals surface area (Å²) in [5.74, 6) is -0.176. The molecule has 1 atom stereocenters. The third kappa shape index (κ3) is 3.30. The molecule has 0 saturated carbocycles. The second-order valence-electron chi connectivity index (χ2n) is 4.60. The predicted molar refractivity (Wildman–Crippen MR) is 81.1 cm³/mol. The summed E-state index contributed by atoms with van der Waals surface area (Å²) in [5.41, 5.74) is 1.33. The Kier molecular flexibility index (Phi) is 4.42. The predicted octanol–water partition coefficient (Wildman–Crippen LogP) is 2.90. The summed E-state index contributed by atoms with van der Waals surface area (Å²) in [6, 6.07) is 7.18. The van der Waals surface area contributed by atoms with Gasteiger partial charge in [-0.3, -0.25) is 24.3 Å². The number of nitrogens with zero attached hydrogens (tertiary/aromatic N) is 2. The summed E-state index contributed by atoms with van der Waals surface area (Å²) in [6.07, 6.45) is 1.59. The van der Waals surface area contributed by atoms with Crippen LogP contribution in [0.25, 0.3) is 10.9 Å². The lowest BCUT2D eigenvalue weighted by Gasteiger charge is -2.09. The lowest BCUT2D eigenvalue weighted by Crippen LogP contribution is -2.11. The van der Waals surface area contributed by atoms with Gasteiger partial charge in [0.25, 0.3) is 0 Å². The normalized spacial score (nSPS) is 12.3. The average molecular weight is 306 g/mol. The van der Waals surface area contributed by atoms with Crippen molar-refractivity contribution in [1.29, 1.82) is 0 Å². The van der Waals surface area contributed by atoms with Gasteiger partial charge in [-0.15, -0.1) is 0 Å². The molecule has 0 spiro atoms. The fraction of sp³-hybridized carbons (Fsp3) is 0.286. The van der Waals surface area contributed by atoms with E-state index in [2.05, 4.69) is 0 Å². The molecule has 7 heteroatoms. The number of thioether (sulfide) groups is 1. The minimum absolute atomic E-state index is 0.176. The number of rotatable bonds is 4. The van der Waals surface area contributed by atoms with Gasteiger partial charge in [0.1, 0.15) is 5.25 Å². The first-order chi connectivity index (χ1) is 9.90. The van der Waals surface area contributed by atoms with E-state index in [1.165, 1.54) is 18.4 Å². The van der Waals surface area contributed by atoms with Crippen LogP contribution in [0.1, 0.15) is 29.5 Å². The largest absolute Gasteiger partial charge is 0.288 e. The Morgan fingerprint density at radius 3 is 2.57 bits per heavy atom. The molecule has 0 bridgehead atoms. The maximum absolute atomic E-state index is 11.7. The molecule has 1 aromatic heterocycles. The first kappa shape index (κ1) is 15.2. The van der Waals surface area contributed by atoms with E-state index in [0.29, 0.717) is 11.1 Å². The molecule has 0 aliphatic heterocycles. The zero-order valence-corrected chi connectivity index (χ0v) is 12.4. The highest BCUT2D eigenvalue weighted by molar-refractivity contribution is 8.13. The van der Waals surface area contributed by atoms with Gasteiger partial charge in [-0.2, -0.15) is 0 Å². The Hall–Kier alpha value is -2.15. The van der Waals surface area contributed by atoms with Crippen molar-refractivity contribution in [2.45, 2.75) is 19.1 Å². The summed E-state index contributed by atoms with van der Waals surface area (Å²) in [4.78, 5) is 33.5. The molecule has 0 N–H and O–H groups in total. The monoisotopic (exact) mass is 306 g/mol. The van der Waals surface area contributed by atoms with E-state index in [9.17, 15) is 19.7 Å². The number of benzene rings is 1. The summed E-state index contributed by atoms with van der Waals surface area (Å²) in [6.45, 7) is 2.44. The highest BCUT2D eigenvalue weighted by Gasteiger charge is 2.25. The molecule has 110 valence electrons. The summed E-state index contributed by atoms with van der Waals surface area (Å²) >= 11 is 0.916. The minimum Gasteiger partial charge on any atom is -0.288 e. The number of fused-ring (bicyclic) bond motifs is 1. The molecule has 21 heavy (non-hydrogen) atoms. The third-order valence-electron chi connectivity index (χ3n) is 3.05. The molecule has 0 saturated heterocycles. The Bertz CT molecular complexity index is 707. The van der Waals surface area contributed by atoms with E-state index < -0.39 is 10.2 Å². The summed E-state index contributed by atoms with van der Waals surface area (Å²) in [7, 11) is 0. The Morgan fingerprint density at radius 2 is 2.00 bits per heavy atom. The van der Waals surface area contributed by atoms with Crippen molar-refractivity contribution >= 4 is 33.7 Å². The van der Waals surface area contributed by atoms with Crippen molar-refractivity contribution in [2.24, 2.45) is 0 Å². The van der Waals surface area contributed by atoms with Crippen molar-refractivity contribution in [1.82, 2.24) is 4.57 Å². The standard InChI is InChI=1S/C14H14N2O4S/c1-9(17)15-7-12(11-5-3-4-6-13(11)15)14(8-16(19)20)21-10(2)18/h3-7,14H,8H2,1-2H3/t14-/m1/s1. The highest BCUT2D eigenvalue weighted by Crippen LogP contribution is 2.35. The summed E-state index contributed by atoms with van der Waals surface area (Å²) < 4.78 is 1.46. The number of nitro groups is 1. The van der Waals surface area contributed by atoms with Gasteiger partial charge in [0.2, 0.25) is 12.5 Å². The molecule has 2 rings (SSSR count). The van der Waals surface area contributed by atoms with Gasteiger partial charge >= 0.3 is 0 Å². The first-order valence-corrected chi connectivity index (χ1v) is 7.18. The van der Waals surface area contributed by atoms with Gasteiger partial charge in [-0.05, 0) is 11.6 Å². The summed E-state index contributed by atoms with van der Waals surface area (Å²) in [5, 5.41) is 10.8. The van der Waals surface area contributed by atoms with Crippen LogP contribution < -0.4 is 0 Å². The lowest BCUT2D eigenvalue weighted by atomic mass is 10.1. The Morgan fingerprint density at radius 1 is 1.33 bits per heavy atom. The zero-order chi connectivity index (χ0) is 15.6. The number of aromatic nitrogens is 1. The van der Waals surface area contributed by atoms with E-state index in [0.717, 1.165) is 17.1 Å². The zero-order valence-electron chi connectivity index (χ0n) is 11.6. The molecular weight excluding hydrogens is 292 g/mol. The maximum atomic E-state index is 11.7. The molecule has 1 heterocycles. The maximum Gasteiger partial charge on any atom is 0.227 e. The van der Waals surface area contributed by atoms with Crippen LogP contribution in [-0.2, 0) is 4.79 Å². The fourth-order valence-corrected chi connectivity index (χ4v) is 3.17. The van der Waals surface area contributed by atoms with Crippen molar-refractivity contribution in [3.05, 3.63) is 46.1 Å². The molecule has 0 aliphatic rings. The van der Waals surface area contributed by atoms with Crippen LogP contribution in [0.2, 0.25) is 0 Å². The lowest BCUT2D eigenvalue weighted by molar-refractivity contribution is -0.479. The molecule has 0 aliphatic carbocycles. The van der Waals surface area contributed by atoms with Crippen LogP contribution in [0.15, 0.2) is 30.5 Å². The number of carbonyl (C=O) groups excluding carboxylic acids is 2. The second kappa shape index (κ2) is 6.09. The van der Waals surface area contributed by atoms with E-state index in [-0.39, 0.29) is 17.6 Å². The van der Waals surface area contributed by atoms with Crippen LogP contribution in [0.4, 0.5) is 0 Å². The smallest absolute Gasteiger partial charge is 0.227 e. The van der Waals surface area contributed by atoms with Crippen molar-refractivity contribution in [3.8, 4) is 0 Å². The SMILES string of the molecule is CC(=O)S[C@H](C[N+](=O)[O-])c1cn(C(C)=O)c2ccccc12. The second-order valence-corrected chi connectivity index (χ2v) is 5.98. The van der Waals surface area contributed by atoms with E-state index in [1.807, 2.05) is 0 Å². The van der Waals surface area contributed by atoms with Crippen molar-refractivity contribution in [3.63, 3.8) is 0 Å².